The number of aromatic nitrogens is 3. The first kappa shape index (κ1) is 48.0. The van der Waals surface area contributed by atoms with Crippen LogP contribution in [-0.2, 0) is 60.6 Å². The van der Waals surface area contributed by atoms with Crippen molar-refractivity contribution in [1.82, 2.24) is 25.6 Å². The van der Waals surface area contributed by atoms with Gasteiger partial charge in [-0.25, -0.2) is 14.6 Å². The smallest absolute Gasteiger partial charge is 0.407 e. The first-order valence-corrected chi connectivity index (χ1v) is 18.6. The van der Waals surface area contributed by atoms with E-state index in [4.69, 9.17) is 49.4 Å². The number of carboxylic acid groups (broad SMARTS) is 1. The number of hydrogen-bond acceptors (Lipinski definition) is 16. The number of carboxylic acids is 1. The fourth-order valence-corrected chi connectivity index (χ4v) is 5.15. The summed E-state index contributed by atoms with van der Waals surface area (Å²) < 4.78 is 45.6. The lowest BCUT2D eigenvalue weighted by Gasteiger charge is -2.39. The number of rotatable bonds is 32. The summed E-state index contributed by atoms with van der Waals surface area (Å²) in [5.74, 6) is -3.14. The molecule has 0 saturated carbocycles. The first-order chi connectivity index (χ1) is 27.0. The third-order valence-electron chi connectivity index (χ3n) is 7.77. The third kappa shape index (κ3) is 20.7. The van der Waals surface area contributed by atoms with Crippen molar-refractivity contribution < 1.29 is 67.6 Å². The molecule has 0 spiro atoms. The number of aliphatic hydroxyl groups is 2. The molecule has 1 aromatic rings. The molecule has 2 rings (SSSR count). The number of unbranched alkanes of at least 4 members (excludes halogenated alkanes) is 3. The van der Waals surface area contributed by atoms with Crippen molar-refractivity contribution in [2.24, 2.45) is 16.5 Å². The van der Waals surface area contributed by atoms with E-state index in [2.05, 4.69) is 32.9 Å². The average Bonchev–Trinajstić information content (AvgIpc) is 3.62. The average molecular weight is 805 g/mol. The highest BCUT2D eigenvalue weighted by molar-refractivity contribution is 5.85. The molecule has 320 valence electrons. The van der Waals surface area contributed by atoms with Crippen LogP contribution in [0.3, 0.4) is 0 Å². The topological polar surface area (TPSA) is 305 Å². The molecule has 1 aromatic heterocycles. The van der Waals surface area contributed by atoms with Gasteiger partial charge < -0.3 is 75.3 Å². The van der Waals surface area contributed by atoms with E-state index in [1.54, 1.807) is 0 Å². The molecular weight excluding hydrogens is 744 g/mol. The van der Waals surface area contributed by atoms with Crippen LogP contribution in [0.2, 0.25) is 0 Å². The molecule has 56 heavy (non-hydrogen) atoms. The molecule has 0 saturated heterocycles. The maximum absolute atomic E-state index is 12.6. The number of amides is 2. The summed E-state index contributed by atoms with van der Waals surface area (Å²) >= 11 is 0. The highest BCUT2D eigenvalue weighted by Crippen LogP contribution is 2.26. The summed E-state index contributed by atoms with van der Waals surface area (Å²) in [6.45, 7) is 7.58. The molecule has 0 unspecified atom stereocenters. The standard InChI is InChI=1S/C34H60N8O14/c1-3-4-5-6-8-42-21-25(40-41-42)23-54-19-18-53-17-16-52-15-14-51-13-12-50-11-10-49-9-7-37-34(48)56-30(27(45)22-43)31-29(38-24(2)44)26(39-33(35)36)20-28(55-31)32(46)47/h20-21,26-27,29-31,43,45H,3-19,22-23H2,1-2H3,(H,37,48)(H,38,44)(H,46,47)(H4,35,36,39)/t26-,27+,29+,30+,31+/m0/s1. The zero-order valence-electron chi connectivity index (χ0n) is 32.3. The Bertz CT molecular complexity index is 1320. The molecule has 0 bridgehead atoms. The van der Waals surface area contributed by atoms with Crippen molar-refractivity contribution in [3.8, 4) is 0 Å². The second kappa shape index (κ2) is 29.1. The van der Waals surface area contributed by atoms with E-state index >= 15 is 0 Å². The van der Waals surface area contributed by atoms with Crippen molar-refractivity contribution >= 4 is 23.9 Å². The number of nitrogens with two attached hydrogens (primary N) is 2. The lowest BCUT2D eigenvalue weighted by Crippen LogP contribution is -2.61. The van der Waals surface area contributed by atoms with E-state index in [9.17, 15) is 29.7 Å². The summed E-state index contributed by atoms with van der Waals surface area (Å²) in [6.07, 6.45) is 1.72. The molecule has 5 atom stereocenters. The van der Waals surface area contributed by atoms with Gasteiger partial charge >= 0.3 is 12.1 Å². The Hall–Kier alpha value is -4.16. The van der Waals surface area contributed by atoms with E-state index in [-0.39, 0.29) is 26.4 Å². The van der Waals surface area contributed by atoms with Crippen LogP contribution in [0.4, 0.5) is 4.79 Å². The summed E-state index contributed by atoms with van der Waals surface area (Å²) in [5.41, 5.74) is 11.8. The van der Waals surface area contributed by atoms with E-state index < -0.39 is 66.7 Å². The van der Waals surface area contributed by atoms with Gasteiger partial charge in [0, 0.05) is 20.0 Å². The van der Waals surface area contributed by atoms with E-state index in [1.807, 2.05) is 10.9 Å². The predicted molar refractivity (Wildman–Crippen MR) is 197 cm³/mol. The van der Waals surface area contributed by atoms with Crippen molar-refractivity contribution in [2.45, 2.75) is 83.1 Å². The van der Waals surface area contributed by atoms with Crippen molar-refractivity contribution in [1.29, 1.82) is 0 Å². The van der Waals surface area contributed by atoms with Crippen LogP contribution in [0.15, 0.2) is 23.0 Å². The number of aliphatic hydroxyl groups excluding tert-OH is 2. The van der Waals surface area contributed by atoms with Gasteiger partial charge in [0.15, 0.2) is 18.2 Å². The van der Waals surface area contributed by atoms with Crippen LogP contribution in [-0.4, -0.2) is 170 Å². The SMILES string of the molecule is CCCCCCn1cc(COCCOCCOCCOCCOCCOCCNC(=O)O[C@@H]([C@@H]2OC(C(=O)O)=C[C@H](N=C(N)N)[C@H]2NC(C)=O)[C@H](O)CO)nn1. The lowest BCUT2D eigenvalue weighted by atomic mass is 9.92. The van der Waals surface area contributed by atoms with E-state index in [0.717, 1.165) is 24.7 Å². The molecule has 22 nitrogen and oxygen atoms in total. The molecule has 0 aromatic carbocycles. The van der Waals surface area contributed by atoms with Crippen LogP contribution in [0.5, 0.6) is 0 Å². The number of aryl methyl sites for hydroxylation is 1. The fraction of sp³-hybridized carbons (Fsp3) is 0.765. The second-order valence-electron chi connectivity index (χ2n) is 12.4. The van der Waals surface area contributed by atoms with Gasteiger partial charge in [-0.05, 0) is 12.5 Å². The maximum Gasteiger partial charge on any atom is 0.407 e. The molecule has 0 aliphatic carbocycles. The fourth-order valence-electron chi connectivity index (χ4n) is 5.15. The number of aliphatic imine (C=N–C) groups is 1. The number of guanidine groups is 1. The van der Waals surface area contributed by atoms with Gasteiger partial charge in [-0.3, -0.25) is 9.48 Å². The number of nitrogens with zero attached hydrogens (tertiary/aromatic N) is 4. The van der Waals surface area contributed by atoms with Gasteiger partial charge in [0.2, 0.25) is 11.7 Å². The van der Waals surface area contributed by atoms with Gasteiger partial charge in [-0.15, -0.1) is 5.10 Å². The van der Waals surface area contributed by atoms with Gasteiger partial charge in [0.25, 0.3) is 0 Å². The number of aliphatic carboxylic acids is 1. The molecule has 9 N–H and O–H groups in total. The molecule has 2 heterocycles. The van der Waals surface area contributed by atoms with Crippen LogP contribution < -0.4 is 22.1 Å². The van der Waals surface area contributed by atoms with E-state index in [0.29, 0.717) is 59.5 Å². The number of nitrogens with one attached hydrogen (secondary N) is 2. The quantitative estimate of drug-likeness (QED) is 0.0246. The Labute approximate surface area is 326 Å². The largest absolute Gasteiger partial charge is 0.477 e. The van der Waals surface area contributed by atoms with Gasteiger partial charge in [0.1, 0.15) is 11.8 Å². The van der Waals surface area contributed by atoms with Crippen LogP contribution in [0.1, 0.15) is 45.2 Å². The number of ether oxygens (including phenoxy) is 8. The molecular formula is C34H60N8O14. The summed E-state index contributed by atoms with van der Waals surface area (Å²) in [7, 11) is 0. The normalized spacial score (nSPS) is 17.6. The number of carbonyl (C=O) groups is 3. The molecule has 22 heteroatoms. The van der Waals surface area contributed by atoms with Crippen LogP contribution in [0.25, 0.3) is 0 Å². The zero-order chi connectivity index (χ0) is 41.0. The Morgan fingerprint density at radius 3 is 2.05 bits per heavy atom. The van der Waals surface area contributed by atoms with Crippen molar-refractivity contribution in [3.05, 3.63) is 23.7 Å². The summed E-state index contributed by atoms with van der Waals surface area (Å²) in [4.78, 5) is 40.2. The number of carbonyl (C=O) groups excluding carboxylic acids is 2. The Kier molecular flexibility index (Phi) is 25.0. The minimum absolute atomic E-state index is 0.00947. The second-order valence-corrected chi connectivity index (χ2v) is 12.4. The maximum atomic E-state index is 12.6. The molecule has 1 aliphatic rings. The Morgan fingerprint density at radius 2 is 1.52 bits per heavy atom. The Balaban J connectivity index is 1.50. The number of alkyl carbamates (subject to hydrolysis) is 1. The third-order valence-corrected chi connectivity index (χ3v) is 7.77. The summed E-state index contributed by atoms with van der Waals surface area (Å²) in [6, 6.07) is -2.37. The highest BCUT2D eigenvalue weighted by Gasteiger charge is 2.46. The van der Waals surface area contributed by atoms with Crippen molar-refractivity contribution in [2.75, 3.05) is 85.8 Å². The molecule has 0 radical (unpaired) electrons. The Morgan fingerprint density at radius 1 is 0.929 bits per heavy atom. The minimum Gasteiger partial charge on any atom is -0.477 e. The molecule has 1 aliphatic heterocycles. The molecule has 2 amide bonds. The number of hydrogen-bond donors (Lipinski definition) is 7. The van der Waals surface area contributed by atoms with Crippen molar-refractivity contribution in [3.63, 3.8) is 0 Å². The van der Waals surface area contributed by atoms with Gasteiger partial charge in [0.05, 0.1) is 104 Å². The van der Waals surface area contributed by atoms with Gasteiger partial charge in [-0.1, -0.05) is 31.4 Å². The van der Waals surface area contributed by atoms with E-state index in [1.165, 1.54) is 26.2 Å². The monoisotopic (exact) mass is 804 g/mol. The van der Waals surface area contributed by atoms with Crippen LogP contribution >= 0.6 is 0 Å². The summed E-state index contributed by atoms with van der Waals surface area (Å²) in [5, 5.41) is 42.8. The minimum atomic E-state index is -1.74. The first-order valence-electron chi connectivity index (χ1n) is 18.6. The lowest BCUT2D eigenvalue weighted by molar-refractivity contribution is -0.146. The molecule has 0 fully saturated rings. The van der Waals surface area contributed by atoms with Crippen LogP contribution in [0, 0.1) is 0 Å². The highest BCUT2D eigenvalue weighted by atomic mass is 16.6. The predicted octanol–water partition coefficient (Wildman–Crippen LogP) is -1.58. The van der Waals surface area contributed by atoms with Gasteiger partial charge in [-0.2, -0.15) is 0 Å². The zero-order valence-corrected chi connectivity index (χ0v) is 32.3.